The van der Waals surface area contributed by atoms with Crippen LogP contribution in [0.1, 0.15) is 43.4 Å². The molecule has 0 radical (unpaired) electrons. The third-order valence-electron chi connectivity index (χ3n) is 3.74. The molecule has 0 saturated heterocycles. The normalized spacial score (nSPS) is 24.1. The van der Waals surface area contributed by atoms with Crippen molar-refractivity contribution in [2.75, 3.05) is 0 Å². The molecule has 108 valence electrons. The first kappa shape index (κ1) is 14.3. The zero-order valence-electron chi connectivity index (χ0n) is 11.0. The second-order valence-electron chi connectivity index (χ2n) is 5.51. The lowest BCUT2D eigenvalue weighted by atomic mass is 10.1. The predicted octanol–water partition coefficient (Wildman–Crippen LogP) is 4.00. The first-order chi connectivity index (χ1) is 8.78. The number of aromatic nitrogens is 2. The van der Waals surface area contributed by atoms with Crippen LogP contribution in [0.25, 0.3) is 0 Å². The van der Waals surface area contributed by atoms with E-state index in [9.17, 15) is 17.6 Å². The number of halogens is 4. The van der Waals surface area contributed by atoms with Crippen molar-refractivity contribution in [1.29, 1.82) is 0 Å². The Labute approximate surface area is 109 Å². The van der Waals surface area contributed by atoms with Gasteiger partial charge < -0.3 is 0 Å². The summed E-state index contributed by atoms with van der Waals surface area (Å²) in [6.45, 7) is 3.53. The average molecular weight is 278 g/mol. The Balaban J connectivity index is 2.05. The smallest absolute Gasteiger partial charge is 0.248 e. The molecule has 1 saturated carbocycles. The van der Waals surface area contributed by atoms with Gasteiger partial charge in [0.25, 0.3) is 0 Å². The number of aryl methyl sites for hydroxylation is 1. The van der Waals surface area contributed by atoms with Crippen molar-refractivity contribution in [1.82, 2.24) is 9.78 Å². The molecule has 6 heteroatoms. The van der Waals surface area contributed by atoms with Crippen molar-refractivity contribution in [2.24, 2.45) is 5.92 Å². The van der Waals surface area contributed by atoms with Crippen molar-refractivity contribution in [3.8, 4) is 0 Å². The summed E-state index contributed by atoms with van der Waals surface area (Å²) >= 11 is 0. The maximum absolute atomic E-state index is 13.1. The van der Waals surface area contributed by atoms with E-state index >= 15 is 0 Å². The summed E-state index contributed by atoms with van der Waals surface area (Å²) < 4.78 is 53.0. The van der Waals surface area contributed by atoms with E-state index in [2.05, 4.69) is 5.10 Å². The van der Waals surface area contributed by atoms with Gasteiger partial charge >= 0.3 is 0 Å². The molecule has 2 atom stereocenters. The zero-order chi connectivity index (χ0) is 14.2. The molecule has 2 nitrogen and oxygen atoms in total. The Bertz CT molecular complexity index is 442. The molecule has 0 amide bonds. The molecule has 1 aliphatic carbocycles. The van der Waals surface area contributed by atoms with Gasteiger partial charge in [0, 0.05) is 25.6 Å². The highest BCUT2D eigenvalue weighted by molar-refractivity contribution is 5.19. The molecular formula is C13H18F4N2. The van der Waals surface area contributed by atoms with Crippen molar-refractivity contribution < 1.29 is 17.6 Å². The van der Waals surface area contributed by atoms with Crippen LogP contribution in [0, 0.1) is 12.8 Å². The monoisotopic (exact) mass is 278 g/mol. The Morgan fingerprint density at radius 3 is 2.68 bits per heavy atom. The van der Waals surface area contributed by atoms with E-state index < -0.39 is 18.3 Å². The lowest BCUT2D eigenvalue weighted by Crippen LogP contribution is -2.14. The van der Waals surface area contributed by atoms with Crippen LogP contribution in [0.5, 0.6) is 0 Å². The first-order valence-corrected chi connectivity index (χ1v) is 6.48. The Morgan fingerprint density at radius 1 is 1.47 bits per heavy atom. The lowest BCUT2D eigenvalue weighted by Gasteiger charge is -2.11. The highest BCUT2D eigenvalue weighted by Crippen LogP contribution is 2.39. The minimum Gasteiger partial charge on any atom is -0.272 e. The second-order valence-corrected chi connectivity index (χ2v) is 5.51. The van der Waals surface area contributed by atoms with Gasteiger partial charge in [-0.15, -0.1) is 0 Å². The number of rotatable bonds is 4. The molecule has 0 aliphatic heterocycles. The summed E-state index contributed by atoms with van der Waals surface area (Å²) in [6, 6.07) is 0. The van der Waals surface area contributed by atoms with Crippen molar-refractivity contribution in [2.45, 2.75) is 57.9 Å². The molecule has 0 bridgehead atoms. The van der Waals surface area contributed by atoms with Crippen LogP contribution in [-0.2, 0) is 6.54 Å². The van der Waals surface area contributed by atoms with E-state index in [1.54, 1.807) is 13.1 Å². The van der Waals surface area contributed by atoms with E-state index in [0.29, 0.717) is 24.2 Å². The summed E-state index contributed by atoms with van der Waals surface area (Å²) in [4.78, 5) is 0. The van der Waals surface area contributed by atoms with Crippen molar-refractivity contribution in [3.63, 3.8) is 0 Å². The summed E-state index contributed by atoms with van der Waals surface area (Å²) in [6.07, 6.45) is -0.543. The van der Waals surface area contributed by atoms with E-state index in [1.807, 2.05) is 0 Å². The minimum atomic E-state index is -2.58. The van der Waals surface area contributed by atoms with E-state index in [4.69, 9.17) is 0 Å². The molecule has 1 aromatic heterocycles. The van der Waals surface area contributed by atoms with Gasteiger partial charge in [0.2, 0.25) is 12.3 Å². The molecule has 1 fully saturated rings. The fourth-order valence-corrected chi connectivity index (χ4v) is 2.66. The van der Waals surface area contributed by atoms with Gasteiger partial charge in [-0.25, -0.2) is 17.6 Å². The van der Waals surface area contributed by atoms with Crippen LogP contribution in [0.4, 0.5) is 17.6 Å². The van der Waals surface area contributed by atoms with E-state index in [1.165, 1.54) is 11.6 Å². The predicted molar refractivity (Wildman–Crippen MR) is 63.7 cm³/mol. The standard InChI is InChI=1S/C13H18F4N2/c1-8-6-19(18-11(8)9(2)12(14)15)7-10-3-4-13(16,17)5-10/h6,9-10,12H,3-5,7H2,1-2H3. The van der Waals surface area contributed by atoms with Crippen molar-refractivity contribution >= 4 is 0 Å². The van der Waals surface area contributed by atoms with Crippen LogP contribution < -0.4 is 0 Å². The Hall–Kier alpha value is -1.07. The molecule has 0 spiro atoms. The van der Waals surface area contributed by atoms with Gasteiger partial charge in [0.1, 0.15) is 0 Å². The van der Waals surface area contributed by atoms with E-state index in [0.717, 1.165) is 0 Å². The second kappa shape index (κ2) is 5.13. The highest BCUT2D eigenvalue weighted by atomic mass is 19.3. The van der Waals surface area contributed by atoms with Gasteiger partial charge in [-0.1, -0.05) is 6.92 Å². The molecule has 1 aliphatic rings. The molecule has 1 heterocycles. The first-order valence-electron chi connectivity index (χ1n) is 6.48. The van der Waals surface area contributed by atoms with Gasteiger partial charge in [-0.3, -0.25) is 4.68 Å². The maximum atomic E-state index is 13.1. The SMILES string of the molecule is Cc1cn(CC2CCC(F)(F)C2)nc1C(C)C(F)F. The summed E-state index contributed by atoms with van der Waals surface area (Å²) in [5, 5.41) is 4.13. The molecule has 2 rings (SSSR count). The van der Waals surface area contributed by atoms with Crippen LogP contribution in [0.15, 0.2) is 6.20 Å². The molecule has 0 N–H and O–H groups in total. The number of hydrogen-bond donors (Lipinski definition) is 0. The minimum absolute atomic E-state index is 0.0851. The highest BCUT2D eigenvalue weighted by Gasteiger charge is 2.39. The summed E-state index contributed by atoms with van der Waals surface area (Å²) in [5.74, 6) is -3.62. The van der Waals surface area contributed by atoms with Gasteiger partial charge in [0.15, 0.2) is 0 Å². The third kappa shape index (κ3) is 3.28. The van der Waals surface area contributed by atoms with Crippen LogP contribution in [0.2, 0.25) is 0 Å². The largest absolute Gasteiger partial charge is 0.272 e. The molecule has 1 aromatic rings. The molecule has 19 heavy (non-hydrogen) atoms. The third-order valence-corrected chi connectivity index (χ3v) is 3.74. The van der Waals surface area contributed by atoms with Crippen LogP contribution in [0.3, 0.4) is 0 Å². The number of nitrogens with zero attached hydrogens (tertiary/aromatic N) is 2. The Morgan fingerprint density at radius 2 is 2.16 bits per heavy atom. The molecule has 2 unspecified atom stereocenters. The van der Waals surface area contributed by atoms with Gasteiger partial charge in [0.05, 0.1) is 11.6 Å². The van der Waals surface area contributed by atoms with Crippen LogP contribution in [-0.4, -0.2) is 22.1 Å². The van der Waals surface area contributed by atoms with Gasteiger partial charge in [-0.2, -0.15) is 5.10 Å². The van der Waals surface area contributed by atoms with E-state index in [-0.39, 0.29) is 18.8 Å². The fraction of sp³-hybridized carbons (Fsp3) is 0.769. The molecule has 0 aromatic carbocycles. The molecular weight excluding hydrogens is 260 g/mol. The fourth-order valence-electron chi connectivity index (χ4n) is 2.66. The van der Waals surface area contributed by atoms with Gasteiger partial charge in [-0.05, 0) is 24.8 Å². The summed E-state index contributed by atoms with van der Waals surface area (Å²) in [7, 11) is 0. The average Bonchev–Trinajstić information content (AvgIpc) is 2.81. The van der Waals surface area contributed by atoms with Crippen molar-refractivity contribution in [3.05, 3.63) is 17.5 Å². The number of hydrogen-bond acceptors (Lipinski definition) is 1. The topological polar surface area (TPSA) is 17.8 Å². The zero-order valence-corrected chi connectivity index (χ0v) is 11.0. The van der Waals surface area contributed by atoms with Crippen LogP contribution >= 0.6 is 0 Å². The number of alkyl halides is 4. The Kier molecular flexibility index (Phi) is 3.87. The maximum Gasteiger partial charge on any atom is 0.248 e. The quantitative estimate of drug-likeness (QED) is 0.761. The lowest BCUT2D eigenvalue weighted by molar-refractivity contribution is 0.00422. The summed E-state index contributed by atoms with van der Waals surface area (Å²) in [5.41, 5.74) is 1.05.